The van der Waals surface area contributed by atoms with Crippen LogP contribution in [0, 0.1) is 17.7 Å². The lowest BCUT2D eigenvalue weighted by Crippen LogP contribution is -2.54. The van der Waals surface area contributed by atoms with E-state index in [9.17, 15) is 4.39 Å². The van der Waals surface area contributed by atoms with Crippen LogP contribution in [-0.4, -0.2) is 13.1 Å². The Bertz CT molecular complexity index is 415. The van der Waals surface area contributed by atoms with Crippen LogP contribution < -0.4 is 5.32 Å². The van der Waals surface area contributed by atoms with Gasteiger partial charge in [-0.05, 0) is 54.5 Å². The SMILES string of the molecule is CCC1C(NC)C2Cc3cc(F)ccc3C12. The summed E-state index contributed by atoms with van der Waals surface area (Å²) in [4.78, 5) is 0. The molecule has 0 aromatic heterocycles. The molecule has 1 nitrogen and oxygen atoms in total. The van der Waals surface area contributed by atoms with Crippen LogP contribution >= 0.6 is 0 Å². The normalized spacial score (nSPS) is 35.4. The first-order valence-corrected chi connectivity index (χ1v) is 6.21. The first-order chi connectivity index (χ1) is 7.76. The van der Waals surface area contributed by atoms with E-state index in [1.54, 1.807) is 12.1 Å². The Hall–Kier alpha value is -0.890. The molecule has 0 heterocycles. The molecule has 0 radical (unpaired) electrons. The zero-order valence-corrected chi connectivity index (χ0v) is 9.83. The van der Waals surface area contributed by atoms with Gasteiger partial charge in [-0.25, -0.2) is 4.39 Å². The summed E-state index contributed by atoms with van der Waals surface area (Å²) in [6.45, 7) is 2.26. The van der Waals surface area contributed by atoms with Crippen LogP contribution in [0.4, 0.5) is 4.39 Å². The van der Waals surface area contributed by atoms with Gasteiger partial charge < -0.3 is 5.32 Å². The molecule has 1 aromatic carbocycles. The van der Waals surface area contributed by atoms with Crippen molar-refractivity contribution in [1.29, 1.82) is 0 Å². The molecule has 0 aliphatic heterocycles. The number of benzene rings is 1. The number of nitrogens with one attached hydrogen (secondary N) is 1. The van der Waals surface area contributed by atoms with Crippen molar-refractivity contribution in [2.24, 2.45) is 11.8 Å². The molecule has 3 rings (SSSR count). The molecule has 0 amide bonds. The largest absolute Gasteiger partial charge is 0.316 e. The first-order valence-electron chi connectivity index (χ1n) is 6.21. The molecule has 1 aromatic rings. The number of hydrogen-bond donors (Lipinski definition) is 1. The van der Waals surface area contributed by atoms with E-state index in [4.69, 9.17) is 0 Å². The van der Waals surface area contributed by atoms with Gasteiger partial charge in [0.2, 0.25) is 0 Å². The molecule has 1 fully saturated rings. The van der Waals surface area contributed by atoms with Crippen LogP contribution in [0.3, 0.4) is 0 Å². The molecule has 0 saturated heterocycles. The Morgan fingerprint density at radius 3 is 2.94 bits per heavy atom. The van der Waals surface area contributed by atoms with E-state index >= 15 is 0 Å². The summed E-state index contributed by atoms with van der Waals surface area (Å²) in [5.74, 6) is 2.03. The van der Waals surface area contributed by atoms with E-state index < -0.39 is 0 Å². The van der Waals surface area contributed by atoms with Crippen molar-refractivity contribution in [3.05, 3.63) is 35.1 Å². The summed E-state index contributed by atoms with van der Waals surface area (Å²) < 4.78 is 13.2. The molecule has 2 aliphatic carbocycles. The van der Waals surface area contributed by atoms with Gasteiger partial charge in [0, 0.05) is 6.04 Å². The van der Waals surface area contributed by atoms with Crippen molar-refractivity contribution < 1.29 is 4.39 Å². The van der Waals surface area contributed by atoms with Gasteiger partial charge in [0.15, 0.2) is 0 Å². The van der Waals surface area contributed by atoms with Gasteiger partial charge >= 0.3 is 0 Å². The molecule has 4 unspecified atom stereocenters. The van der Waals surface area contributed by atoms with E-state index in [-0.39, 0.29) is 5.82 Å². The molecular weight excluding hydrogens is 201 g/mol. The first kappa shape index (κ1) is 10.3. The van der Waals surface area contributed by atoms with Crippen molar-refractivity contribution >= 4 is 0 Å². The van der Waals surface area contributed by atoms with Gasteiger partial charge in [-0.2, -0.15) is 0 Å². The Morgan fingerprint density at radius 2 is 2.25 bits per heavy atom. The maximum Gasteiger partial charge on any atom is 0.123 e. The fraction of sp³-hybridized carbons (Fsp3) is 0.571. The van der Waals surface area contributed by atoms with E-state index in [1.165, 1.54) is 17.5 Å². The van der Waals surface area contributed by atoms with E-state index in [1.807, 2.05) is 13.1 Å². The minimum atomic E-state index is -0.0888. The minimum Gasteiger partial charge on any atom is -0.316 e. The third-order valence-corrected chi connectivity index (χ3v) is 4.57. The maximum absolute atomic E-state index is 13.2. The van der Waals surface area contributed by atoms with Crippen molar-refractivity contribution in [3.8, 4) is 0 Å². The summed E-state index contributed by atoms with van der Waals surface area (Å²) in [6.07, 6.45) is 2.27. The molecule has 86 valence electrons. The smallest absolute Gasteiger partial charge is 0.123 e. The van der Waals surface area contributed by atoms with Gasteiger partial charge in [-0.15, -0.1) is 0 Å². The zero-order chi connectivity index (χ0) is 11.3. The highest BCUT2D eigenvalue weighted by molar-refractivity contribution is 5.41. The summed E-state index contributed by atoms with van der Waals surface area (Å²) in [6, 6.07) is 5.97. The molecule has 0 bridgehead atoms. The molecule has 4 atom stereocenters. The highest BCUT2D eigenvalue weighted by atomic mass is 19.1. The van der Waals surface area contributed by atoms with Crippen molar-refractivity contribution in [1.82, 2.24) is 5.32 Å². The molecule has 0 spiro atoms. The third-order valence-electron chi connectivity index (χ3n) is 4.57. The van der Waals surface area contributed by atoms with Gasteiger partial charge in [0.25, 0.3) is 0 Å². The van der Waals surface area contributed by atoms with E-state index in [0.717, 1.165) is 12.3 Å². The van der Waals surface area contributed by atoms with Crippen LogP contribution in [0.5, 0.6) is 0 Å². The second-order valence-corrected chi connectivity index (χ2v) is 5.12. The summed E-state index contributed by atoms with van der Waals surface area (Å²) in [5, 5.41) is 3.43. The Labute approximate surface area is 96.1 Å². The van der Waals surface area contributed by atoms with Crippen LogP contribution in [0.25, 0.3) is 0 Å². The molecule has 16 heavy (non-hydrogen) atoms. The molecule has 1 saturated carbocycles. The van der Waals surface area contributed by atoms with Crippen LogP contribution in [0.2, 0.25) is 0 Å². The lowest BCUT2D eigenvalue weighted by atomic mass is 9.60. The fourth-order valence-electron chi connectivity index (χ4n) is 3.92. The quantitative estimate of drug-likeness (QED) is 0.806. The van der Waals surface area contributed by atoms with Crippen molar-refractivity contribution in [3.63, 3.8) is 0 Å². The van der Waals surface area contributed by atoms with Gasteiger partial charge in [-0.3, -0.25) is 0 Å². The lowest BCUT2D eigenvalue weighted by molar-refractivity contribution is 0.0858. The van der Waals surface area contributed by atoms with Gasteiger partial charge in [-0.1, -0.05) is 19.4 Å². The topological polar surface area (TPSA) is 12.0 Å². The standard InChI is InChI=1S/C14H18FN/c1-3-10-13-11-5-4-9(15)6-8(11)7-12(13)14(10)16-2/h4-6,10,12-14,16H,3,7H2,1-2H3. The van der Waals surface area contributed by atoms with E-state index in [2.05, 4.69) is 12.2 Å². The van der Waals surface area contributed by atoms with Crippen LogP contribution in [0.1, 0.15) is 30.4 Å². The number of halogens is 1. The van der Waals surface area contributed by atoms with Crippen molar-refractivity contribution in [2.45, 2.75) is 31.7 Å². The zero-order valence-electron chi connectivity index (χ0n) is 9.83. The average molecular weight is 219 g/mol. The third kappa shape index (κ3) is 1.20. The van der Waals surface area contributed by atoms with Gasteiger partial charge in [0.1, 0.15) is 5.82 Å². The Kier molecular flexibility index (Phi) is 2.28. The molecule has 2 heteroatoms. The minimum absolute atomic E-state index is 0.0888. The second kappa shape index (κ2) is 3.56. The highest BCUT2D eigenvalue weighted by Crippen LogP contribution is 2.56. The fourth-order valence-corrected chi connectivity index (χ4v) is 3.92. The van der Waals surface area contributed by atoms with Crippen LogP contribution in [0.15, 0.2) is 18.2 Å². The average Bonchev–Trinajstić information content (AvgIpc) is 2.55. The monoisotopic (exact) mass is 219 g/mol. The molecule has 1 N–H and O–H groups in total. The number of fused-ring (bicyclic) bond motifs is 3. The summed E-state index contributed by atoms with van der Waals surface area (Å²) >= 11 is 0. The Morgan fingerprint density at radius 1 is 1.44 bits per heavy atom. The molecular formula is C14H18FN. The lowest BCUT2D eigenvalue weighted by Gasteiger charge is -2.49. The van der Waals surface area contributed by atoms with Crippen LogP contribution in [-0.2, 0) is 6.42 Å². The maximum atomic E-state index is 13.2. The number of hydrogen-bond acceptors (Lipinski definition) is 1. The van der Waals surface area contributed by atoms with E-state index in [0.29, 0.717) is 17.9 Å². The highest BCUT2D eigenvalue weighted by Gasteiger charge is 2.52. The predicted molar refractivity (Wildman–Crippen MR) is 63.0 cm³/mol. The van der Waals surface area contributed by atoms with Gasteiger partial charge in [0.05, 0.1) is 0 Å². The summed E-state index contributed by atoms with van der Waals surface area (Å²) in [7, 11) is 2.05. The summed E-state index contributed by atoms with van der Waals surface area (Å²) in [5.41, 5.74) is 2.65. The predicted octanol–water partition coefficient (Wildman–Crippen LogP) is 2.71. The second-order valence-electron chi connectivity index (χ2n) is 5.12. The number of rotatable bonds is 2. The van der Waals surface area contributed by atoms with Crippen molar-refractivity contribution in [2.75, 3.05) is 7.05 Å². The molecule has 2 aliphatic rings. The Balaban J connectivity index is 1.96.